The number of furan rings is 3. The van der Waals surface area contributed by atoms with E-state index in [1.807, 2.05) is 215 Å². The van der Waals surface area contributed by atoms with Gasteiger partial charge >= 0.3 is 0 Å². The van der Waals surface area contributed by atoms with Crippen LogP contribution < -0.4 is 0 Å². The molecule has 0 saturated heterocycles. The summed E-state index contributed by atoms with van der Waals surface area (Å²) < 4.78 is 149. The molecule has 0 saturated carbocycles. The molecule has 0 fully saturated rings. The van der Waals surface area contributed by atoms with Gasteiger partial charge in [0.25, 0.3) is 0 Å². The molecule has 13 nitrogen and oxygen atoms in total. The quantitative estimate of drug-likeness (QED) is 0.126. The van der Waals surface area contributed by atoms with Crippen molar-refractivity contribution in [2.24, 2.45) is 0 Å². The largest absolute Gasteiger partial charge is 0.486 e. The summed E-state index contributed by atoms with van der Waals surface area (Å²) in [5.41, 5.74) is 18.3. The van der Waals surface area contributed by atoms with Crippen molar-refractivity contribution in [1.82, 2.24) is 49.4 Å². The zero-order valence-corrected chi connectivity index (χ0v) is 71.5. The molecule has 0 amide bonds. The van der Waals surface area contributed by atoms with Crippen LogP contribution in [-0.4, -0.2) is 49.4 Å². The van der Waals surface area contributed by atoms with Crippen LogP contribution >= 0.6 is 0 Å². The van der Waals surface area contributed by atoms with Gasteiger partial charge in [-0.15, -0.1) is 162 Å². The third-order valence-corrected chi connectivity index (χ3v) is 18.5. The number of imidazole rings is 1. The number of para-hydroxylation sites is 3. The van der Waals surface area contributed by atoms with Crippen molar-refractivity contribution in [3.63, 3.8) is 0 Å². The van der Waals surface area contributed by atoms with Crippen LogP contribution in [0, 0.1) is 84.6 Å². The molecule has 1 atom stereocenters. The first-order valence-corrected chi connectivity index (χ1v) is 36.7. The predicted molar refractivity (Wildman–Crippen MR) is 464 cm³/mol. The van der Waals surface area contributed by atoms with E-state index in [9.17, 15) is 0 Å². The molecule has 0 aliphatic heterocycles. The van der Waals surface area contributed by atoms with E-state index in [0.717, 1.165) is 128 Å². The van der Waals surface area contributed by atoms with Gasteiger partial charge in [-0.05, 0) is 177 Å². The van der Waals surface area contributed by atoms with E-state index in [4.69, 9.17) is 41.5 Å². The van der Waals surface area contributed by atoms with Crippen LogP contribution in [0.3, 0.4) is 0 Å². The van der Waals surface area contributed by atoms with Crippen LogP contribution in [0.5, 0.6) is 0 Å². The molecule has 20 aromatic rings. The molecular formula is C102H82Ir3N10O3-6. The first-order valence-electron chi connectivity index (χ1n) is 45.2. The minimum absolute atomic E-state index is 0. The Morgan fingerprint density at radius 2 is 0.847 bits per heavy atom. The minimum Gasteiger partial charge on any atom is -0.486 e. The molecule has 1 unspecified atom stereocenters. The Morgan fingerprint density at radius 3 is 1.34 bits per heavy atom. The SMILES string of the molecule is Cc1ccc2c(n1)oc1c(-c3ccccn3)[c-]ccc12.[2H]C(C)(C)c1ccnc(-c2[c-]ccc3c2oc2nc(C)ccc23)c1.[2H]C([2H])([2H])C([2H])(C)c1ccccc1-n1c(-c2[c-]ccc3c2oc2nc(C)ccc23)nc2ccccc21.[2H]C([2H])([2H])c1ccc(-c2[c-]cccc2)nc1.[2H]C([2H])([2H])c1ccc(-c2[c-]cccc2)nc1.[2H]C([2H])([2H])c1cnc(-c2[c-]cccc2)cc1C([2H])([2H])[2H].[Ir].[Ir].[Ir]. The van der Waals surface area contributed by atoms with E-state index >= 15 is 0 Å². The Morgan fingerprint density at radius 1 is 0.364 bits per heavy atom. The summed E-state index contributed by atoms with van der Waals surface area (Å²) in [5.74, 6) is -1.98. The molecule has 0 spiro atoms. The fourth-order valence-electron chi connectivity index (χ4n) is 12.9. The van der Waals surface area contributed by atoms with Gasteiger partial charge in [0.15, 0.2) is 0 Å². The van der Waals surface area contributed by atoms with Crippen LogP contribution in [0.15, 0.2) is 299 Å². The van der Waals surface area contributed by atoms with Gasteiger partial charge in [0.1, 0.15) is 0 Å². The fraction of sp³-hybridized carbons (Fsp3) is 0.127. The van der Waals surface area contributed by atoms with E-state index in [0.29, 0.717) is 56.6 Å². The van der Waals surface area contributed by atoms with Gasteiger partial charge in [-0.2, -0.15) is 0 Å². The molecule has 16 heteroatoms. The van der Waals surface area contributed by atoms with Crippen LogP contribution in [0.4, 0.5) is 0 Å². The maximum absolute atomic E-state index is 8.84. The first kappa shape index (κ1) is 64.9. The summed E-state index contributed by atoms with van der Waals surface area (Å²) in [7, 11) is 0. The second kappa shape index (κ2) is 39.1. The number of aromatic nitrogens is 10. The van der Waals surface area contributed by atoms with E-state index in [2.05, 4.69) is 76.3 Å². The molecule has 12 heterocycles. The zero-order valence-electron chi connectivity index (χ0n) is 81.3. The van der Waals surface area contributed by atoms with E-state index in [-0.39, 0.29) is 82.6 Å². The van der Waals surface area contributed by atoms with Crippen molar-refractivity contribution >= 4 is 77.2 Å². The number of benzene rings is 8. The Balaban J connectivity index is 0.000000149. The number of hydrogen-bond acceptors (Lipinski definition) is 12. The van der Waals surface area contributed by atoms with Crippen molar-refractivity contribution in [3.05, 3.63) is 373 Å². The normalized spacial score (nSPS) is 14.0. The summed E-state index contributed by atoms with van der Waals surface area (Å²) >= 11 is 0. The summed E-state index contributed by atoms with van der Waals surface area (Å²) in [4.78, 5) is 39.5. The number of hydrogen-bond donors (Lipinski definition) is 0. The number of pyridine rings is 8. The number of fused-ring (bicyclic) bond motifs is 10. The summed E-state index contributed by atoms with van der Waals surface area (Å²) in [6, 6.07) is 96.5. The maximum atomic E-state index is 8.84. The van der Waals surface area contributed by atoms with Gasteiger partial charge in [0.2, 0.25) is 17.1 Å². The van der Waals surface area contributed by atoms with Crippen LogP contribution in [0.1, 0.15) is 113 Å². The molecule has 0 aliphatic carbocycles. The average Bonchev–Trinajstić information content (AvgIpc) is 1.59. The van der Waals surface area contributed by atoms with Gasteiger partial charge in [0.05, 0.1) is 33.6 Å². The van der Waals surface area contributed by atoms with Crippen LogP contribution in [0.25, 0.3) is 151 Å². The smallest absolute Gasteiger partial charge is 0.216 e. The molecule has 591 valence electrons. The van der Waals surface area contributed by atoms with Crippen molar-refractivity contribution in [1.29, 1.82) is 0 Å². The van der Waals surface area contributed by atoms with E-state index < -0.39 is 46.0 Å². The molecule has 0 N–H and O–H groups in total. The molecule has 8 aromatic carbocycles. The molecule has 12 aromatic heterocycles. The average molecular weight is 2090 g/mol. The fourth-order valence-corrected chi connectivity index (χ4v) is 12.9. The molecule has 0 aliphatic rings. The Labute approximate surface area is 752 Å². The molecule has 0 bridgehead atoms. The molecule has 3 radical (unpaired) electrons. The second-order valence-corrected chi connectivity index (χ2v) is 26.9. The van der Waals surface area contributed by atoms with Gasteiger partial charge in [-0.3, -0.25) is 4.98 Å². The summed E-state index contributed by atoms with van der Waals surface area (Å²) in [5, 5.41) is 5.86. The monoisotopic (exact) mass is 2090 g/mol. The van der Waals surface area contributed by atoms with Crippen molar-refractivity contribution in [3.8, 4) is 73.4 Å². The van der Waals surface area contributed by atoms with Crippen molar-refractivity contribution in [2.75, 3.05) is 0 Å². The minimum atomic E-state index is -2.53. The topological polar surface area (TPSA) is 160 Å². The van der Waals surface area contributed by atoms with Crippen LogP contribution in [0.2, 0.25) is 0 Å². The third kappa shape index (κ3) is 19.4. The van der Waals surface area contributed by atoms with E-state index in [1.165, 1.54) is 25.4 Å². The van der Waals surface area contributed by atoms with Gasteiger partial charge in [-0.25, -0.2) is 15.0 Å². The first-order chi connectivity index (χ1) is 62.8. The number of aryl methyl sites for hydroxylation is 7. The predicted octanol–water partition coefficient (Wildman–Crippen LogP) is 25.5. The Hall–Kier alpha value is -12.2. The number of nitrogens with zero attached hydrogens (tertiary/aromatic N) is 10. The molecular weight excluding hydrogens is 1990 g/mol. The third-order valence-electron chi connectivity index (χ3n) is 18.5. The maximum Gasteiger partial charge on any atom is 0.216 e. The van der Waals surface area contributed by atoms with E-state index in [1.54, 1.807) is 85.2 Å². The Kier molecular flexibility index (Phi) is 21.5. The van der Waals surface area contributed by atoms with Gasteiger partial charge in [0, 0.05) is 154 Å². The molecule has 20 rings (SSSR count). The van der Waals surface area contributed by atoms with Gasteiger partial charge < -0.3 is 42.7 Å². The second-order valence-electron chi connectivity index (χ2n) is 26.9. The standard InChI is InChI=1S/C28H22N3O.C20H17N2O.C17H11N2O.C13H12N.2C12H10N.3Ir/c1-17(2)19-9-4-6-13-24(19)31-25-14-7-5-12-23(25)30-27(31)22-11-8-10-20-21-16-15-18(3)29-28(21)32-26(20)22;1-12(2)14-9-10-21-18(11-14)17-6-4-5-15-16-8-7-13(3)22-20(16)23-19(15)17;1-11-8-9-13-12-5-4-6-14(15-7-2-3-10-18-15)16(12)20-17(13)19-11;1-10-8-13(14-9-11(10)2)12-6-4-3-5-7-12;2*1-10-7-8-12(13-9-10)11-5-3-2-4-6-11;;;/h4-10,12-17H,1-3H3;4-5,7-12H,1-3H3;2-5,7-10H,1H3;3-6,8-9H,1-2H3;2*2-5,7-9H,1H3;;;/q6*-1;;;/i1D3,17D;12D;;1D3,2D3;2*1D3;;;. The summed E-state index contributed by atoms with van der Waals surface area (Å²) in [6.45, 7) is -0.748. The zero-order chi connectivity index (χ0) is 93.8. The van der Waals surface area contributed by atoms with Crippen LogP contribution in [-0.2, 0) is 60.3 Å². The van der Waals surface area contributed by atoms with Crippen molar-refractivity contribution in [2.45, 2.75) is 87.6 Å². The molecule has 118 heavy (non-hydrogen) atoms. The Bertz CT molecular complexity index is 7410. The number of rotatable bonds is 9. The van der Waals surface area contributed by atoms with Crippen molar-refractivity contribution < 1.29 is 96.9 Å². The summed E-state index contributed by atoms with van der Waals surface area (Å²) in [6.07, 6.45) is 7.41. The van der Waals surface area contributed by atoms with Gasteiger partial charge in [-0.1, -0.05) is 150 Å².